The van der Waals surface area contributed by atoms with Crippen molar-refractivity contribution in [1.29, 1.82) is 0 Å². The number of oxime groups is 1. The number of carbonyl (C=O) groups excluding carboxylic acids is 1. The van der Waals surface area contributed by atoms with Gasteiger partial charge in [0.1, 0.15) is 5.78 Å². The fourth-order valence-electron chi connectivity index (χ4n) is 0.495. The van der Waals surface area contributed by atoms with Gasteiger partial charge in [-0.05, 0) is 13.8 Å². The molecule has 0 aromatic rings. The number of ether oxygens (including phenoxy) is 1. The summed E-state index contributed by atoms with van der Waals surface area (Å²) in [5.74, 6) is -0.00347. The normalized spacial score (nSPS) is 11.2. The van der Waals surface area contributed by atoms with Gasteiger partial charge in [0.25, 0.3) is 0 Å². The summed E-state index contributed by atoms with van der Waals surface area (Å²) < 4.78 is 4.78. The molecular weight excluding hydrogens is 134 g/mol. The minimum atomic E-state index is -0.0822. The highest BCUT2D eigenvalue weighted by Gasteiger charge is 2.02. The Balaban J connectivity index is 3.73. The van der Waals surface area contributed by atoms with Crippen LogP contribution in [-0.2, 0) is 9.53 Å². The van der Waals surface area contributed by atoms with Crippen molar-refractivity contribution in [3.63, 3.8) is 0 Å². The molecule has 0 bridgehead atoms. The number of ketones is 1. The Morgan fingerprint density at radius 3 is 2.60 bits per heavy atom. The van der Waals surface area contributed by atoms with Gasteiger partial charge in [-0.25, -0.2) is 0 Å². The van der Waals surface area contributed by atoms with Crippen molar-refractivity contribution < 1.29 is 14.7 Å². The maximum Gasteiger partial charge on any atom is 0.232 e. The first kappa shape index (κ1) is 8.94. The predicted molar refractivity (Wildman–Crippen MR) is 36.1 cm³/mol. The van der Waals surface area contributed by atoms with E-state index in [0.717, 1.165) is 0 Å². The van der Waals surface area contributed by atoms with Gasteiger partial charge in [0.05, 0.1) is 13.0 Å². The van der Waals surface area contributed by atoms with Gasteiger partial charge in [0, 0.05) is 0 Å². The molecule has 0 aromatic heterocycles. The van der Waals surface area contributed by atoms with E-state index < -0.39 is 0 Å². The maximum atomic E-state index is 10.4. The summed E-state index contributed by atoms with van der Waals surface area (Å²) >= 11 is 0. The summed E-state index contributed by atoms with van der Waals surface area (Å²) in [6.45, 7) is 3.57. The Labute approximate surface area is 59.5 Å². The monoisotopic (exact) mass is 145 g/mol. The van der Waals surface area contributed by atoms with Crippen molar-refractivity contribution in [3.8, 4) is 0 Å². The van der Waals surface area contributed by atoms with Crippen molar-refractivity contribution in [1.82, 2.24) is 0 Å². The van der Waals surface area contributed by atoms with Crippen LogP contribution in [0.4, 0.5) is 0 Å². The summed E-state index contributed by atoms with van der Waals surface area (Å²) in [7, 11) is 0. The average molecular weight is 145 g/mol. The molecule has 0 aliphatic rings. The SMILES string of the molecule is CCO/C(CC(C)=O)=N\O. The predicted octanol–water partition coefficient (Wildman–Crippen LogP) is 0.790. The minimum absolute atomic E-state index is 0.0599. The summed E-state index contributed by atoms with van der Waals surface area (Å²) in [6.07, 6.45) is 0.0599. The zero-order valence-electron chi connectivity index (χ0n) is 6.13. The average Bonchev–Trinajstić information content (AvgIpc) is 1.86. The molecule has 0 saturated carbocycles. The van der Waals surface area contributed by atoms with E-state index in [1.807, 2.05) is 0 Å². The van der Waals surface area contributed by atoms with Crippen LogP contribution in [0.15, 0.2) is 5.16 Å². The zero-order chi connectivity index (χ0) is 7.98. The zero-order valence-corrected chi connectivity index (χ0v) is 6.13. The van der Waals surface area contributed by atoms with E-state index in [0.29, 0.717) is 6.61 Å². The van der Waals surface area contributed by atoms with Crippen LogP contribution in [-0.4, -0.2) is 23.5 Å². The van der Waals surface area contributed by atoms with Crippen LogP contribution >= 0.6 is 0 Å². The van der Waals surface area contributed by atoms with Gasteiger partial charge in [-0.2, -0.15) is 0 Å². The Morgan fingerprint density at radius 2 is 2.30 bits per heavy atom. The fraction of sp³-hybridized carbons (Fsp3) is 0.667. The first-order chi connectivity index (χ1) is 4.70. The summed E-state index contributed by atoms with van der Waals surface area (Å²) in [6, 6.07) is 0. The number of hydrogen-bond donors (Lipinski definition) is 1. The lowest BCUT2D eigenvalue weighted by atomic mass is 10.3. The molecule has 1 N–H and O–H groups in total. The third-order valence-electron chi connectivity index (χ3n) is 0.823. The van der Waals surface area contributed by atoms with E-state index in [9.17, 15) is 4.79 Å². The van der Waals surface area contributed by atoms with Gasteiger partial charge >= 0.3 is 0 Å². The highest BCUT2D eigenvalue weighted by Crippen LogP contribution is 1.89. The van der Waals surface area contributed by atoms with Crippen LogP contribution < -0.4 is 0 Å². The molecule has 4 nitrogen and oxygen atoms in total. The van der Waals surface area contributed by atoms with Crippen LogP contribution in [0.2, 0.25) is 0 Å². The molecule has 0 aromatic carbocycles. The molecule has 58 valence electrons. The molecule has 4 heteroatoms. The lowest BCUT2D eigenvalue weighted by Gasteiger charge is -2.00. The maximum absolute atomic E-state index is 10.4. The first-order valence-corrected chi connectivity index (χ1v) is 3.03. The highest BCUT2D eigenvalue weighted by molar-refractivity contribution is 5.96. The molecule has 0 amide bonds. The van der Waals surface area contributed by atoms with Crippen LogP contribution in [0, 0.1) is 0 Å². The third kappa shape index (κ3) is 3.88. The number of Topliss-reactive ketones (excluding diaryl/α,β-unsaturated/α-hetero) is 1. The van der Waals surface area contributed by atoms with Crippen molar-refractivity contribution in [2.24, 2.45) is 5.16 Å². The van der Waals surface area contributed by atoms with E-state index in [1.54, 1.807) is 6.92 Å². The molecular formula is C6H11NO3. The van der Waals surface area contributed by atoms with Crippen molar-refractivity contribution in [2.75, 3.05) is 6.61 Å². The number of nitrogens with zero attached hydrogens (tertiary/aromatic N) is 1. The molecule has 10 heavy (non-hydrogen) atoms. The molecule has 0 atom stereocenters. The molecule has 0 aliphatic heterocycles. The fourth-order valence-corrected chi connectivity index (χ4v) is 0.495. The topological polar surface area (TPSA) is 58.9 Å². The van der Waals surface area contributed by atoms with E-state index in [2.05, 4.69) is 5.16 Å². The van der Waals surface area contributed by atoms with Crippen LogP contribution in [0.25, 0.3) is 0 Å². The number of carbonyl (C=O) groups is 1. The quantitative estimate of drug-likeness (QED) is 0.276. The van der Waals surface area contributed by atoms with Gasteiger partial charge in [-0.15, -0.1) is 0 Å². The molecule has 0 fully saturated rings. The molecule has 0 unspecified atom stereocenters. The largest absolute Gasteiger partial charge is 0.479 e. The Morgan fingerprint density at radius 1 is 1.70 bits per heavy atom. The lowest BCUT2D eigenvalue weighted by Crippen LogP contribution is -2.08. The Bertz CT molecular complexity index is 142. The van der Waals surface area contributed by atoms with Gasteiger partial charge < -0.3 is 9.94 Å². The summed E-state index contributed by atoms with van der Waals surface area (Å²) in [4.78, 5) is 10.4. The second-order valence-electron chi connectivity index (χ2n) is 1.81. The van der Waals surface area contributed by atoms with Gasteiger partial charge in [-0.3, -0.25) is 4.79 Å². The van der Waals surface area contributed by atoms with E-state index >= 15 is 0 Å². The van der Waals surface area contributed by atoms with Crippen molar-refractivity contribution in [3.05, 3.63) is 0 Å². The first-order valence-electron chi connectivity index (χ1n) is 3.03. The lowest BCUT2D eigenvalue weighted by molar-refractivity contribution is -0.116. The molecule has 0 rings (SSSR count). The third-order valence-corrected chi connectivity index (χ3v) is 0.823. The van der Waals surface area contributed by atoms with Crippen LogP contribution in [0.5, 0.6) is 0 Å². The molecule has 0 heterocycles. The Hall–Kier alpha value is -1.06. The smallest absolute Gasteiger partial charge is 0.232 e. The number of rotatable bonds is 3. The standard InChI is InChI=1S/C6H11NO3/c1-3-10-6(7-9)4-5(2)8/h9H,3-4H2,1-2H3/b7-6-. The van der Waals surface area contributed by atoms with Gasteiger partial charge in [0.15, 0.2) is 0 Å². The van der Waals surface area contributed by atoms with E-state index in [4.69, 9.17) is 9.94 Å². The number of hydrogen-bond acceptors (Lipinski definition) is 4. The van der Waals surface area contributed by atoms with Gasteiger partial charge in [-0.1, -0.05) is 5.16 Å². The summed E-state index contributed by atoms with van der Waals surface area (Å²) in [5.41, 5.74) is 0. The molecule has 0 spiro atoms. The molecule has 0 saturated heterocycles. The van der Waals surface area contributed by atoms with Crippen molar-refractivity contribution in [2.45, 2.75) is 20.3 Å². The highest BCUT2D eigenvalue weighted by atomic mass is 16.5. The van der Waals surface area contributed by atoms with E-state index in [-0.39, 0.29) is 18.1 Å². The molecule has 0 aliphatic carbocycles. The second-order valence-corrected chi connectivity index (χ2v) is 1.81. The van der Waals surface area contributed by atoms with Gasteiger partial charge in [0.2, 0.25) is 5.90 Å². The van der Waals surface area contributed by atoms with Crippen LogP contribution in [0.1, 0.15) is 20.3 Å². The minimum Gasteiger partial charge on any atom is -0.479 e. The van der Waals surface area contributed by atoms with E-state index in [1.165, 1.54) is 6.92 Å². The second kappa shape index (κ2) is 4.78. The van der Waals surface area contributed by atoms with Crippen molar-refractivity contribution >= 4 is 11.7 Å². The van der Waals surface area contributed by atoms with Crippen LogP contribution in [0.3, 0.4) is 0 Å². The Kier molecular flexibility index (Phi) is 4.28. The summed E-state index contributed by atoms with van der Waals surface area (Å²) in [5, 5.41) is 11.0. The molecule has 0 radical (unpaired) electrons.